The zero-order valence-electron chi connectivity index (χ0n) is 14.2. The Kier molecular flexibility index (Phi) is 5.32. The number of carbonyl (C=O) groups is 1. The van der Waals surface area contributed by atoms with E-state index >= 15 is 0 Å². The third-order valence-electron chi connectivity index (χ3n) is 3.56. The maximum absolute atomic E-state index is 12.6. The monoisotopic (exact) mass is 407 g/mol. The lowest BCUT2D eigenvalue weighted by molar-refractivity contribution is -0.274. The lowest BCUT2D eigenvalue weighted by Gasteiger charge is -2.14. The van der Waals surface area contributed by atoms with Gasteiger partial charge in [-0.2, -0.15) is 5.26 Å². The molecule has 11 heteroatoms. The Bertz CT molecular complexity index is 1070. The Labute approximate surface area is 161 Å². The van der Waals surface area contributed by atoms with E-state index in [1.165, 1.54) is 6.07 Å². The molecule has 0 radical (unpaired) electrons. The van der Waals surface area contributed by atoms with Gasteiger partial charge in [-0.15, -0.1) is 13.2 Å². The van der Waals surface area contributed by atoms with Crippen molar-refractivity contribution >= 4 is 34.7 Å². The predicted molar refractivity (Wildman–Crippen MR) is 96.6 cm³/mol. The number of imidazole rings is 1. The van der Waals surface area contributed by atoms with Gasteiger partial charge >= 0.3 is 12.4 Å². The number of hydrogen-bond acceptors (Lipinski definition) is 5. The normalized spacial score (nSPS) is 11.1. The van der Waals surface area contributed by atoms with Gasteiger partial charge in [0.25, 0.3) is 0 Å². The predicted octanol–water partition coefficient (Wildman–Crippen LogP) is 4.17. The number of aromatic nitrogens is 2. The second kappa shape index (κ2) is 7.69. The molecule has 1 heterocycles. The average molecular weight is 407 g/mol. The second-order valence-corrected chi connectivity index (χ2v) is 6.36. The van der Waals surface area contributed by atoms with Crippen LogP contribution in [0.4, 0.5) is 23.7 Å². The zero-order valence-corrected chi connectivity index (χ0v) is 15.1. The maximum Gasteiger partial charge on any atom is 0.573 e. The average Bonchev–Trinajstić information content (AvgIpc) is 3.02. The quantitative estimate of drug-likeness (QED) is 0.634. The van der Waals surface area contributed by atoms with Gasteiger partial charge < -0.3 is 14.6 Å². The summed E-state index contributed by atoms with van der Waals surface area (Å²) in [6.45, 7) is 0. The van der Waals surface area contributed by atoms with Crippen LogP contribution in [0.2, 0.25) is 0 Å². The summed E-state index contributed by atoms with van der Waals surface area (Å²) in [4.78, 5) is 17.0. The van der Waals surface area contributed by atoms with E-state index in [-0.39, 0.29) is 11.3 Å². The van der Waals surface area contributed by atoms with E-state index in [0.717, 1.165) is 29.6 Å². The number of nitriles is 1. The maximum atomic E-state index is 12.6. The van der Waals surface area contributed by atoms with Gasteiger partial charge in [-0.05, 0) is 36.2 Å². The molecule has 0 fully saturated rings. The van der Waals surface area contributed by atoms with Gasteiger partial charge in [0.1, 0.15) is 5.52 Å². The van der Waals surface area contributed by atoms with E-state index in [0.29, 0.717) is 10.4 Å². The minimum Gasteiger partial charge on any atom is -0.404 e. The van der Waals surface area contributed by atoms with E-state index < -0.39 is 18.1 Å². The molecule has 0 aliphatic carbocycles. The number of ether oxygens (including phenoxy) is 1. The molecule has 144 valence electrons. The third-order valence-corrected chi connectivity index (χ3v) is 4.39. The highest BCUT2D eigenvalue weighted by Crippen LogP contribution is 2.31. The van der Waals surface area contributed by atoms with E-state index in [1.54, 1.807) is 24.5 Å². The van der Waals surface area contributed by atoms with Gasteiger partial charge in [-0.25, -0.2) is 9.78 Å². The molecule has 0 unspecified atom stereocenters. The van der Waals surface area contributed by atoms with Crippen molar-refractivity contribution in [2.24, 2.45) is 7.05 Å². The van der Waals surface area contributed by atoms with Crippen LogP contribution < -0.4 is 14.8 Å². The third kappa shape index (κ3) is 4.47. The first kappa shape index (κ1) is 19.4. The molecule has 2 amide bonds. The highest BCUT2D eigenvalue weighted by molar-refractivity contribution is 7.98. The number of urea groups is 1. The summed E-state index contributed by atoms with van der Waals surface area (Å²) >= 11 is 0.964. The molecule has 0 saturated heterocycles. The smallest absolute Gasteiger partial charge is 0.404 e. The summed E-state index contributed by atoms with van der Waals surface area (Å²) in [6.07, 6.45) is -3.34. The zero-order chi connectivity index (χ0) is 20.3. The highest BCUT2D eigenvalue weighted by atomic mass is 32.2. The molecular weight excluding hydrogens is 395 g/mol. The number of amides is 2. The van der Waals surface area contributed by atoms with E-state index in [2.05, 4.69) is 19.8 Å². The van der Waals surface area contributed by atoms with Gasteiger partial charge in [0, 0.05) is 13.1 Å². The van der Waals surface area contributed by atoms with Crippen LogP contribution in [0.25, 0.3) is 11.0 Å². The van der Waals surface area contributed by atoms with Crippen LogP contribution in [-0.4, -0.2) is 21.9 Å². The Balaban J connectivity index is 1.73. The summed E-state index contributed by atoms with van der Waals surface area (Å²) in [7, 11) is 1.83. The number of anilines is 1. The van der Waals surface area contributed by atoms with Crippen molar-refractivity contribution in [1.82, 2.24) is 14.3 Å². The Hall–Kier alpha value is -3.39. The second-order valence-electron chi connectivity index (χ2n) is 5.51. The number of fused-ring (bicyclic) bond motifs is 1. The van der Waals surface area contributed by atoms with Crippen molar-refractivity contribution in [3.63, 3.8) is 0 Å². The molecule has 3 aromatic rings. The molecule has 7 nitrogen and oxygen atoms in total. The Morgan fingerprint density at radius 2 is 2.11 bits per heavy atom. The summed E-state index contributed by atoms with van der Waals surface area (Å²) in [5, 5.41) is 11.1. The van der Waals surface area contributed by atoms with Crippen molar-refractivity contribution < 1.29 is 22.7 Å². The molecule has 0 aliphatic rings. The first-order chi connectivity index (χ1) is 13.3. The number of rotatable bonds is 4. The number of carbonyl (C=O) groups excluding carboxylic acids is 1. The number of benzene rings is 2. The lowest BCUT2D eigenvalue weighted by Crippen LogP contribution is -2.24. The van der Waals surface area contributed by atoms with Gasteiger partial charge in [0.2, 0.25) is 0 Å². The first-order valence-corrected chi connectivity index (χ1v) is 8.52. The highest BCUT2D eigenvalue weighted by Gasteiger charge is 2.32. The van der Waals surface area contributed by atoms with Crippen LogP contribution in [0.3, 0.4) is 0 Å². The molecule has 1 aromatic heterocycles. The summed E-state index contributed by atoms with van der Waals surface area (Å²) in [6, 6.07) is 9.66. The first-order valence-electron chi connectivity index (χ1n) is 7.70. The van der Waals surface area contributed by atoms with Gasteiger partial charge in [-0.3, -0.25) is 4.72 Å². The molecule has 0 bridgehead atoms. The minimum atomic E-state index is -4.97. The number of nitrogens with zero attached hydrogens (tertiary/aromatic N) is 3. The number of nitrogens with one attached hydrogen (secondary N) is 2. The molecule has 0 aliphatic heterocycles. The summed E-state index contributed by atoms with van der Waals surface area (Å²) in [5.74, 6) is -0.682. The van der Waals surface area contributed by atoms with Crippen LogP contribution in [0.5, 0.6) is 5.75 Å². The number of halogens is 3. The largest absolute Gasteiger partial charge is 0.573 e. The lowest BCUT2D eigenvalue weighted by atomic mass is 10.2. The van der Waals surface area contributed by atoms with Gasteiger partial charge in [0.05, 0.1) is 34.1 Å². The van der Waals surface area contributed by atoms with Crippen LogP contribution in [0.15, 0.2) is 47.6 Å². The molecule has 28 heavy (non-hydrogen) atoms. The molecule has 2 aromatic carbocycles. The van der Waals surface area contributed by atoms with Crippen LogP contribution in [-0.2, 0) is 7.05 Å². The van der Waals surface area contributed by atoms with Crippen molar-refractivity contribution in [2.45, 2.75) is 11.3 Å². The van der Waals surface area contributed by atoms with Crippen molar-refractivity contribution in [3.8, 4) is 11.8 Å². The fourth-order valence-electron chi connectivity index (χ4n) is 2.37. The standard InChI is InChI=1S/C17H12F3N5O2S/c1-25-9-22-15-12(25)3-2-4-14(15)28-24-16(26)23-11-6-5-10(8-21)7-13(11)27-17(18,19)20/h2-7,9H,1H3,(H2,23,24,26). The van der Waals surface area contributed by atoms with E-state index in [4.69, 9.17) is 5.26 Å². The molecule has 0 atom stereocenters. The van der Waals surface area contributed by atoms with Crippen molar-refractivity contribution in [2.75, 3.05) is 5.32 Å². The van der Waals surface area contributed by atoms with Crippen LogP contribution >= 0.6 is 11.9 Å². The summed E-state index contributed by atoms with van der Waals surface area (Å²) < 4.78 is 45.9. The van der Waals surface area contributed by atoms with Crippen LogP contribution in [0, 0.1) is 11.3 Å². The van der Waals surface area contributed by atoms with Crippen LogP contribution in [0.1, 0.15) is 5.56 Å². The number of alkyl halides is 3. The van der Waals surface area contributed by atoms with Gasteiger partial charge in [0.15, 0.2) is 5.75 Å². The van der Waals surface area contributed by atoms with Crippen molar-refractivity contribution in [3.05, 3.63) is 48.3 Å². The van der Waals surface area contributed by atoms with Crippen molar-refractivity contribution in [1.29, 1.82) is 5.26 Å². The number of aryl methyl sites for hydroxylation is 1. The summed E-state index contributed by atoms with van der Waals surface area (Å²) in [5.41, 5.74) is 1.27. The fourth-order valence-corrected chi connectivity index (χ4v) is 3.02. The SMILES string of the molecule is Cn1cnc2c(SNC(=O)Nc3ccc(C#N)cc3OC(F)(F)F)cccc21. The fraction of sp³-hybridized carbons (Fsp3) is 0.118. The topological polar surface area (TPSA) is 92.0 Å². The van der Waals surface area contributed by atoms with E-state index in [9.17, 15) is 18.0 Å². The molecule has 2 N–H and O–H groups in total. The van der Waals surface area contributed by atoms with Gasteiger partial charge in [-0.1, -0.05) is 6.07 Å². The number of para-hydroxylation sites is 1. The minimum absolute atomic E-state index is 0.0404. The Morgan fingerprint density at radius 1 is 1.32 bits per heavy atom. The molecule has 0 spiro atoms. The number of hydrogen-bond donors (Lipinski definition) is 2. The van der Waals surface area contributed by atoms with E-state index in [1.807, 2.05) is 17.7 Å². The molecule has 0 saturated carbocycles. The Morgan fingerprint density at radius 3 is 2.82 bits per heavy atom. The molecule has 3 rings (SSSR count). The molecular formula is C17H12F3N5O2S.